The lowest BCUT2D eigenvalue weighted by molar-refractivity contribution is -0.149. The third-order valence-electron chi connectivity index (χ3n) is 2.07. The second-order valence-corrected chi connectivity index (χ2v) is 2.88. The smallest absolute Gasteiger partial charge is 0.249 e. The molecule has 1 rings (SSSR count). The summed E-state index contributed by atoms with van der Waals surface area (Å²) in [5, 5.41) is 0. The number of hydrogen-bond donors (Lipinski definition) is 0. The van der Waals surface area contributed by atoms with E-state index in [1.165, 1.54) is 6.42 Å². The normalized spacial score (nSPS) is 19.5. The van der Waals surface area contributed by atoms with Gasteiger partial charge in [-0.1, -0.05) is 20.3 Å². The predicted octanol–water partition coefficient (Wildman–Crippen LogP) is 2.80. The highest BCUT2D eigenvalue weighted by Gasteiger charge is 2.32. The summed E-state index contributed by atoms with van der Waals surface area (Å²) in [4.78, 5) is 0. The fourth-order valence-electron chi connectivity index (χ4n) is 1.24. The first-order valence-corrected chi connectivity index (χ1v) is 4.33. The van der Waals surface area contributed by atoms with Crippen LogP contribution in [-0.4, -0.2) is 5.79 Å². The van der Waals surface area contributed by atoms with Gasteiger partial charge in [-0.15, -0.1) is 0 Å². The Hall–Kier alpha value is -0.660. The van der Waals surface area contributed by atoms with Crippen LogP contribution in [0.1, 0.15) is 39.5 Å². The molecule has 2 heteroatoms. The highest BCUT2D eigenvalue weighted by atomic mass is 16.7. The maximum absolute atomic E-state index is 5.39. The molecule has 0 unspecified atom stereocenters. The minimum atomic E-state index is -0.323. The predicted molar refractivity (Wildman–Crippen MR) is 43.9 cm³/mol. The maximum Gasteiger partial charge on any atom is 0.249 e. The number of unbranched alkanes of at least 4 members (excludes halogenated alkanes) is 1. The lowest BCUT2D eigenvalue weighted by Crippen LogP contribution is -2.28. The molecule has 1 aliphatic rings. The Labute approximate surface area is 68.2 Å². The third-order valence-corrected chi connectivity index (χ3v) is 2.07. The van der Waals surface area contributed by atoms with Gasteiger partial charge in [-0.25, -0.2) is 0 Å². The van der Waals surface area contributed by atoms with Gasteiger partial charge in [0.25, 0.3) is 0 Å². The van der Waals surface area contributed by atoms with Gasteiger partial charge in [0.2, 0.25) is 5.79 Å². The molecule has 1 heterocycles. The Morgan fingerprint density at radius 2 is 1.82 bits per heavy atom. The molecule has 0 aromatic heterocycles. The zero-order chi connectivity index (χ0) is 8.16. The standard InChI is InChI=1S/C9H16O2/c1-3-5-6-9(4-2)10-7-8-11-9/h7-8H,3-6H2,1-2H3. The molecule has 0 atom stereocenters. The molecular weight excluding hydrogens is 140 g/mol. The summed E-state index contributed by atoms with van der Waals surface area (Å²) in [7, 11) is 0. The average molecular weight is 156 g/mol. The first-order chi connectivity index (χ1) is 5.33. The summed E-state index contributed by atoms with van der Waals surface area (Å²) in [6.45, 7) is 4.26. The zero-order valence-electron chi connectivity index (χ0n) is 7.30. The van der Waals surface area contributed by atoms with E-state index < -0.39 is 0 Å². The van der Waals surface area contributed by atoms with Crippen molar-refractivity contribution in [3.05, 3.63) is 12.5 Å². The molecule has 0 fully saturated rings. The van der Waals surface area contributed by atoms with Gasteiger partial charge in [0.05, 0.1) is 0 Å². The van der Waals surface area contributed by atoms with Crippen LogP contribution in [0.3, 0.4) is 0 Å². The molecule has 0 aromatic rings. The van der Waals surface area contributed by atoms with Gasteiger partial charge in [-0.3, -0.25) is 0 Å². The Morgan fingerprint density at radius 1 is 1.18 bits per heavy atom. The SMILES string of the molecule is CCCCC1(CC)OC=CO1. The summed E-state index contributed by atoms with van der Waals surface area (Å²) < 4.78 is 10.8. The van der Waals surface area contributed by atoms with Gasteiger partial charge >= 0.3 is 0 Å². The van der Waals surface area contributed by atoms with E-state index in [1.54, 1.807) is 12.5 Å². The quantitative estimate of drug-likeness (QED) is 0.623. The maximum atomic E-state index is 5.39. The lowest BCUT2D eigenvalue weighted by Gasteiger charge is -2.25. The molecule has 0 spiro atoms. The van der Waals surface area contributed by atoms with Crippen molar-refractivity contribution >= 4 is 0 Å². The van der Waals surface area contributed by atoms with E-state index in [0.717, 1.165) is 19.3 Å². The van der Waals surface area contributed by atoms with Crippen molar-refractivity contribution in [1.29, 1.82) is 0 Å². The molecule has 0 saturated heterocycles. The number of rotatable bonds is 4. The Morgan fingerprint density at radius 3 is 2.27 bits per heavy atom. The van der Waals surface area contributed by atoms with Crippen LogP contribution in [0.15, 0.2) is 12.5 Å². The number of ether oxygens (including phenoxy) is 2. The van der Waals surface area contributed by atoms with Crippen molar-refractivity contribution in [2.24, 2.45) is 0 Å². The molecule has 0 bridgehead atoms. The molecule has 0 radical (unpaired) electrons. The molecule has 0 amide bonds. The number of hydrogen-bond acceptors (Lipinski definition) is 2. The van der Waals surface area contributed by atoms with Gasteiger partial charge in [-0.05, 0) is 6.42 Å². The van der Waals surface area contributed by atoms with Gasteiger partial charge in [0.1, 0.15) is 12.5 Å². The van der Waals surface area contributed by atoms with Crippen molar-refractivity contribution in [3.8, 4) is 0 Å². The van der Waals surface area contributed by atoms with E-state index in [4.69, 9.17) is 9.47 Å². The van der Waals surface area contributed by atoms with Crippen LogP contribution in [-0.2, 0) is 9.47 Å². The molecule has 64 valence electrons. The summed E-state index contributed by atoms with van der Waals surface area (Å²) >= 11 is 0. The lowest BCUT2D eigenvalue weighted by atomic mass is 10.1. The summed E-state index contributed by atoms with van der Waals surface area (Å²) in [5.74, 6) is -0.323. The Balaban J connectivity index is 2.35. The highest BCUT2D eigenvalue weighted by molar-refractivity contribution is 4.82. The van der Waals surface area contributed by atoms with Gasteiger partial charge in [0.15, 0.2) is 0 Å². The largest absolute Gasteiger partial charge is 0.457 e. The van der Waals surface area contributed by atoms with E-state index >= 15 is 0 Å². The van der Waals surface area contributed by atoms with Crippen LogP contribution < -0.4 is 0 Å². The first kappa shape index (κ1) is 8.44. The molecular formula is C9H16O2. The monoisotopic (exact) mass is 156 g/mol. The molecule has 0 N–H and O–H groups in total. The second kappa shape index (κ2) is 3.65. The second-order valence-electron chi connectivity index (χ2n) is 2.88. The van der Waals surface area contributed by atoms with Crippen LogP contribution in [0.2, 0.25) is 0 Å². The van der Waals surface area contributed by atoms with E-state index in [1.807, 2.05) is 0 Å². The van der Waals surface area contributed by atoms with Crippen molar-refractivity contribution in [2.45, 2.75) is 45.3 Å². The Bertz CT molecular complexity index is 132. The first-order valence-electron chi connectivity index (χ1n) is 4.33. The van der Waals surface area contributed by atoms with Gasteiger partial charge in [-0.2, -0.15) is 0 Å². The van der Waals surface area contributed by atoms with Crippen molar-refractivity contribution < 1.29 is 9.47 Å². The molecule has 0 saturated carbocycles. The molecule has 0 aliphatic carbocycles. The minimum Gasteiger partial charge on any atom is -0.457 e. The summed E-state index contributed by atoms with van der Waals surface area (Å²) in [6.07, 6.45) is 7.54. The van der Waals surface area contributed by atoms with E-state index in [-0.39, 0.29) is 5.79 Å². The zero-order valence-corrected chi connectivity index (χ0v) is 7.30. The van der Waals surface area contributed by atoms with Crippen LogP contribution in [0.5, 0.6) is 0 Å². The van der Waals surface area contributed by atoms with Crippen molar-refractivity contribution in [1.82, 2.24) is 0 Å². The average Bonchev–Trinajstić information content (AvgIpc) is 2.50. The van der Waals surface area contributed by atoms with Crippen molar-refractivity contribution in [3.63, 3.8) is 0 Å². The molecule has 2 nitrogen and oxygen atoms in total. The molecule has 1 aliphatic heterocycles. The third kappa shape index (κ3) is 1.88. The van der Waals surface area contributed by atoms with Gasteiger partial charge in [0, 0.05) is 12.8 Å². The van der Waals surface area contributed by atoms with E-state index in [2.05, 4.69) is 13.8 Å². The van der Waals surface area contributed by atoms with Gasteiger partial charge < -0.3 is 9.47 Å². The van der Waals surface area contributed by atoms with Crippen LogP contribution >= 0.6 is 0 Å². The van der Waals surface area contributed by atoms with Crippen LogP contribution in [0.4, 0.5) is 0 Å². The summed E-state index contributed by atoms with van der Waals surface area (Å²) in [6, 6.07) is 0. The highest BCUT2D eigenvalue weighted by Crippen LogP contribution is 2.29. The minimum absolute atomic E-state index is 0.323. The van der Waals surface area contributed by atoms with Crippen LogP contribution in [0.25, 0.3) is 0 Å². The fourth-order valence-corrected chi connectivity index (χ4v) is 1.24. The van der Waals surface area contributed by atoms with Crippen molar-refractivity contribution in [2.75, 3.05) is 0 Å². The Kier molecular flexibility index (Phi) is 2.80. The molecule has 11 heavy (non-hydrogen) atoms. The fraction of sp³-hybridized carbons (Fsp3) is 0.778. The summed E-state index contributed by atoms with van der Waals surface area (Å²) in [5.41, 5.74) is 0. The van der Waals surface area contributed by atoms with E-state index in [0.29, 0.717) is 0 Å². The molecule has 0 aromatic carbocycles. The topological polar surface area (TPSA) is 18.5 Å². The van der Waals surface area contributed by atoms with E-state index in [9.17, 15) is 0 Å². The van der Waals surface area contributed by atoms with Crippen LogP contribution in [0, 0.1) is 0 Å².